The third kappa shape index (κ3) is 3.43. The standard InChI is InChI=1S/C17H18ClN3O3/c1-20-8-2-3-13(16(20)22)17(23)21-9-5-12(6-10-21)24-15-4-7-19-11-14(15)18/h2-4,7-8,11-12H,5-6,9-10H2,1H3. The van der Waals surface area contributed by atoms with Crippen LogP contribution in [0.5, 0.6) is 5.75 Å². The van der Waals surface area contributed by atoms with Gasteiger partial charge >= 0.3 is 0 Å². The van der Waals surface area contributed by atoms with Gasteiger partial charge in [-0.1, -0.05) is 11.6 Å². The molecule has 0 bridgehead atoms. The Morgan fingerprint density at radius 2 is 2.08 bits per heavy atom. The molecule has 0 unspecified atom stereocenters. The maximum absolute atomic E-state index is 12.5. The molecule has 0 aromatic carbocycles. The molecule has 2 aromatic rings. The Balaban J connectivity index is 1.63. The van der Waals surface area contributed by atoms with Gasteiger partial charge in [0.25, 0.3) is 11.5 Å². The monoisotopic (exact) mass is 347 g/mol. The summed E-state index contributed by atoms with van der Waals surface area (Å²) in [5.74, 6) is 0.380. The number of halogens is 1. The summed E-state index contributed by atoms with van der Waals surface area (Å²) >= 11 is 6.05. The van der Waals surface area contributed by atoms with Crippen LogP contribution in [0.3, 0.4) is 0 Å². The van der Waals surface area contributed by atoms with Crippen molar-refractivity contribution >= 4 is 17.5 Å². The van der Waals surface area contributed by atoms with Gasteiger partial charge in [-0.2, -0.15) is 0 Å². The number of aromatic nitrogens is 2. The summed E-state index contributed by atoms with van der Waals surface area (Å²) in [6, 6.07) is 5.01. The van der Waals surface area contributed by atoms with Gasteiger partial charge in [0.1, 0.15) is 22.4 Å². The number of nitrogens with zero attached hydrogens (tertiary/aromatic N) is 3. The summed E-state index contributed by atoms with van der Waals surface area (Å²) in [7, 11) is 1.64. The zero-order valence-corrected chi connectivity index (χ0v) is 14.1. The highest BCUT2D eigenvalue weighted by Gasteiger charge is 2.26. The molecule has 1 amide bonds. The van der Waals surface area contributed by atoms with Crippen LogP contribution in [0, 0.1) is 0 Å². The van der Waals surface area contributed by atoms with Crippen LogP contribution in [-0.4, -0.2) is 39.6 Å². The lowest BCUT2D eigenvalue weighted by Gasteiger charge is -2.32. The third-order valence-electron chi connectivity index (χ3n) is 4.11. The zero-order chi connectivity index (χ0) is 17.1. The summed E-state index contributed by atoms with van der Waals surface area (Å²) in [5.41, 5.74) is -0.0685. The van der Waals surface area contributed by atoms with Crippen LogP contribution in [0.4, 0.5) is 0 Å². The van der Waals surface area contributed by atoms with E-state index in [1.807, 2.05) is 0 Å². The van der Waals surface area contributed by atoms with Gasteiger partial charge in [-0.3, -0.25) is 14.6 Å². The molecule has 126 valence electrons. The van der Waals surface area contributed by atoms with Crippen molar-refractivity contribution in [2.75, 3.05) is 13.1 Å². The number of likely N-dealkylation sites (tertiary alicyclic amines) is 1. The van der Waals surface area contributed by atoms with E-state index in [1.54, 1.807) is 48.7 Å². The largest absolute Gasteiger partial charge is 0.489 e. The summed E-state index contributed by atoms with van der Waals surface area (Å²) in [4.78, 5) is 30.2. The molecule has 0 N–H and O–H groups in total. The Hall–Kier alpha value is -2.34. The molecule has 3 heterocycles. The topological polar surface area (TPSA) is 64.4 Å². The molecule has 0 saturated carbocycles. The lowest BCUT2D eigenvalue weighted by Crippen LogP contribution is -2.43. The molecular weight excluding hydrogens is 330 g/mol. The lowest BCUT2D eigenvalue weighted by molar-refractivity contribution is 0.0593. The Labute approximate surface area is 144 Å². The van der Waals surface area contributed by atoms with Crippen molar-refractivity contribution in [2.24, 2.45) is 7.05 Å². The molecular formula is C17H18ClN3O3. The van der Waals surface area contributed by atoms with Crippen LogP contribution in [0.25, 0.3) is 0 Å². The van der Waals surface area contributed by atoms with Crippen LogP contribution in [0.2, 0.25) is 5.02 Å². The van der Waals surface area contributed by atoms with E-state index >= 15 is 0 Å². The number of carbonyl (C=O) groups excluding carboxylic acids is 1. The summed E-state index contributed by atoms with van der Waals surface area (Å²) in [5, 5.41) is 0.476. The second kappa shape index (κ2) is 7.05. The Kier molecular flexibility index (Phi) is 4.85. The van der Waals surface area contributed by atoms with Gasteiger partial charge < -0.3 is 14.2 Å². The second-order valence-corrected chi connectivity index (χ2v) is 6.16. The molecule has 1 aliphatic rings. The van der Waals surface area contributed by atoms with Crippen LogP contribution in [-0.2, 0) is 7.05 Å². The first-order valence-electron chi connectivity index (χ1n) is 7.77. The summed E-state index contributed by atoms with van der Waals surface area (Å²) < 4.78 is 7.30. The van der Waals surface area contributed by atoms with Crippen LogP contribution in [0.1, 0.15) is 23.2 Å². The fourth-order valence-corrected chi connectivity index (χ4v) is 2.91. The van der Waals surface area contributed by atoms with E-state index in [1.165, 1.54) is 4.57 Å². The number of hydrogen-bond acceptors (Lipinski definition) is 4. The van der Waals surface area contributed by atoms with Gasteiger partial charge in [0.2, 0.25) is 0 Å². The minimum atomic E-state index is -0.274. The van der Waals surface area contributed by atoms with Gasteiger partial charge in [0, 0.05) is 57.6 Å². The van der Waals surface area contributed by atoms with Crippen molar-refractivity contribution in [3.8, 4) is 5.75 Å². The number of aryl methyl sites for hydroxylation is 1. The number of amides is 1. The molecule has 6 nitrogen and oxygen atoms in total. The normalized spacial score (nSPS) is 15.3. The van der Waals surface area contributed by atoms with E-state index in [2.05, 4.69) is 4.98 Å². The predicted octanol–water partition coefficient (Wildman–Crippen LogP) is 2.12. The fourth-order valence-electron chi connectivity index (χ4n) is 2.74. The third-order valence-corrected chi connectivity index (χ3v) is 4.40. The first kappa shape index (κ1) is 16.5. The first-order valence-corrected chi connectivity index (χ1v) is 8.15. The van der Waals surface area contributed by atoms with E-state index in [-0.39, 0.29) is 23.1 Å². The predicted molar refractivity (Wildman–Crippen MR) is 90.5 cm³/mol. The Bertz CT molecular complexity index is 798. The maximum Gasteiger partial charge on any atom is 0.263 e. The van der Waals surface area contributed by atoms with E-state index in [0.29, 0.717) is 36.7 Å². The highest BCUT2D eigenvalue weighted by molar-refractivity contribution is 6.31. The molecule has 0 atom stereocenters. The van der Waals surface area contributed by atoms with Crippen molar-refractivity contribution in [1.29, 1.82) is 0 Å². The fraction of sp³-hybridized carbons (Fsp3) is 0.353. The zero-order valence-electron chi connectivity index (χ0n) is 13.3. The quantitative estimate of drug-likeness (QED) is 0.853. The first-order chi connectivity index (χ1) is 11.6. The molecule has 0 spiro atoms. The van der Waals surface area contributed by atoms with Crippen molar-refractivity contribution in [2.45, 2.75) is 18.9 Å². The molecule has 0 radical (unpaired) electrons. The Morgan fingerprint density at radius 1 is 1.33 bits per heavy atom. The summed E-state index contributed by atoms with van der Waals surface area (Å²) in [6.45, 7) is 1.09. The van der Waals surface area contributed by atoms with Gasteiger partial charge in [-0.15, -0.1) is 0 Å². The number of piperidine rings is 1. The molecule has 24 heavy (non-hydrogen) atoms. The van der Waals surface area contributed by atoms with Crippen molar-refractivity contribution in [1.82, 2.24) is 14.5 Å². The average Bonchev–Trinajstić information content (AvgIpc) is 2.59. The molecule has 0 aliphatic carbocycles. The van der Waals surface area contributed by atoms with Crippen molar-refractivity contribution in [3.63, 3.8) is 0 Å². The molecule has 7 heteroatoms. The van der Waals surface area contributed by atoms with Crippen LogP contribution >= 0.6 is 11.6 Å². The number of hydrogen-bond donors (Lipinski definition) is 0. The minimum Gasteiger partial charge on any atom is -0.489 e. The van der Waals surface area contributed by atoms with Crippen LogP contribution in [0.15, 0.2) is 41.6 Å². The maximum atomic E-state index is 12.5. The van der Waals surface area contributed by atoms with Crippen molar-refractivity contribution < 1.29 is 9.53 Å². The minimum absolute atomic E-state index is 0.00689. The lowest BCUT2D eigenvalue weighted by atomic mass is 10.1. The number of ether oxygens (including phenoxy) is 1. The number of pyridine rings is 2. The molecule has 2 aromatic heterocycles. The van der Waals surface area contributed by atoms with Gasteiger partial charge in [-0.25, -0.2) is 0 Å². The molecule has 1 aliphatic heterocycles. The van der Waals surface area contributed by atoms with Gasteiger partial charge in [0.15, 0.2) is 0 Å². The van der Waals surface area contributed by atoms with E-state index in [9.17, 15) is 9.59 Å². The highest BCUT2D eigenvalue weighted by atomic mass is 35.5. The SMILES string of the molecule is Cn1cccc(C(=O)N2CCC(Oc3ccncc3Cl)CC2)c1=O. The van der Waals surface area contributed by atoms with Gasteiger partial charge in [-0.05, 0) is 12.1 Å². The summed E-state index contributed by atoms with van der Waals surface area (Å²) in [6.07, 6.45) is 6.19. The van der Waals surface area contributed by atoms with Crippen LogP contribution < -0.4 is 10.3 Å². The average molecular weight is 348 g/mol. The van der Waals surface area contributed by atoms with Crippen molar-refractivity contribution in [3.05, 3.63) is 57.7 Å². The smallest absolute Gasteiger partial charge is 0.263 e. The molecule has 1 saturated heterocycles. The highest BCUT2D eigenvalue weighted by Crippen LogP contribution is 2.26. The van der Waals surface area contributed by atoms with E-state index in [0.717, 1.165) is 0 Å². The van der Waals surface area contributed by atoms with E-state index < -0.39 is 0 Å². The number of rotatable bonds is 3. The second-order valence-electron chi connectivity index (χ2n) is 5.75. The molecule has 3 rings (SSSR count). The van der Waals surface area contributed by atoms with E-state index in [4.69, 9.17) is 16.3 Å². The molecule has 1 fully saturated rings. The number of carbonyl (C=O) groups is 1. The Morgan fingerprint density at radius 3 is 2.79 bits per heavy atom. The van der Waals surface area contributed by atoms with Gasteiger partial charge in [0.05, 0.1) is 0 Å².